The highest BCUT2D eigenvalue weighted by Gasteiger charge is 2.33. The average molecular weight is 261 g/mol. The van der Waals surface area contributed by atoms with Crippen molar-refractivity contribution < 1.29 is 0 Å². The molecule has 0 saturated carbocycles. The Labute approximate surface area is 117 Å². The minimum atomic E-state index is 0.472. The van der Waals surface area contributed by atoms with Crippen LogP contribution in [-0.2, 0) is 6.54 Å². The van der Waals surface area contributed by atoms with E-state index in [1.165, 1.54) is 38.2 Å². The molecule has 0 aromatic carbocycles. The van der Waals surface area contributed by atoms with Crippen LogP contribution in [0.15, 0.2) is 18.2 Å². The summed E-state index contributed by atoms with van der Waals surface area (Å²) in [4.78, 5) is 7.17. The molecule has 1 aromatic heterocycles. The van der Waals surface area contributed by atoms with Gasteiger partial charge in [0.1, 0.15) is 0 Å². The molecule has 3 nitrogen and oxygen atoms in total. The standard InChI is InChI=1S/C16H27N3/c1-4-16(9-10-17-12-16)13-19(5-2)11-15-8-6-7-14(3)18-15/h6-8,17H,4-5,9-13H2,1-3H3. The summed E-state index contributed by atoms with van der Waals surface area (Å²) in [7, 11) is 0. The topological polar surface area (TPSA) is 28.2 Å². The molecule has 2 rings (SSSR count). The molecular weight excluding hydrogens is 234 g/mol. The summed E-state index contributed by atoms with van der Waals surface area (Å²) in [5.41, 5.74) is 2.78. The van der Waals surface area contributed by atoms with Crippen LogP contribution in [0.3, 0.4) is 0 Å². The first-order chi connectivity index (χ1) is 9.17. The van der Waals surface area contributed by atoms with Crippen LogP contribution in [0.5, 0.6) is 0 Å². The number of aryl methyl sites for hydroxylation is 1. The van der Waals surface area contributed by atoms with Crippen molar-refractivity contribution in [2.24, 2.45) is 5.41 Å². The van der Waals surface area contributed by atoms with Crippen LogP contribution < -0.4 is 5.32 Å². The number of nitrogens with zero attached hydrogens (tertiary/aromatic N) is 2. The Balaban J connectivity index is 2.00. The zero-order valence-corrected chi connectivity index (χ0v) is 12.6. The molecule has 3 heteroatoms. The number of hydrogen-bond donors (Lipinski definition) is 1. The predicted octanol–water partition coefficient (Wildman–Crippen LogP) is 2.60. The molecule has 1 N–H and O–H groups in total. The lowest BCUT2D eigenvalue weighted by atomic mass is 9.83. The Morgan fingerprint density at radius 1 is 1.37 bits per heavy atom. The highest BCUT2D eigenvalue weighted by molar-refractivity contribution is 5.10. The zero-order chi connectivity index (χ0) is 13.7. The number of pyridine rings is 1. The first kappa shape index (κ1) is 14.5. The Morgan fingerprint density at radius 3 is 2.79 bits per heavy atom. The monoisotopic (exact) mass is 261 g/mol. The summed E-state index contributed by atoms with van der Waals surface area (Å²) in [5, 5.41) is 3.52. The normalized spacial score (nSPS) is 23.2. The van der Waals surface area contributed by atoms with Gasteiger partial charge in [-0.2, -0.15) is 0 Å². The molecule has 1 aliphatic rings. The molecule has 0 radical (unpaired) electrons. The molecule has 19 heavy (non-hydrogen) atoms. The minimum absolute atomic E-state index is 0.472. The molecule has 1 unspecified atom stereocenters. The summed E-state index contributed by atoms with van der Waals surface area (Å²) in [5.74, 6) is 0. The van der Waals surface area contributed by atoms with Gasteiger partial charge in [-0.3, -0.25) is 9.88 Å². The lowest BCUT2D eigenvalue weighted by Crippen LogP contribution is -2.38. The third kappa shape index (κ3) is 3.77. The van der Waals surface area contributed by atoms with E-state index in [9.17, 15) is 0 Å². The van der Waals surface area contributed by atoms with E-state index in [-0.39, 0.29) is 0 Å². The highest BCUT2D eigenvalue weighted by atomic mass is 15.1. The van der Waals surface area contributed by atoms with Gasteiger partial charge in [0.05, 0.1) is 5.69 Å². The van der Waals surface area contributed by atoms with Crippen LogP contribution in [0.1, 0.15) is 38.1 Å². The third-order valence-corrected chi connectivity index (χ3v) is 4.42. The summed E-state index contributed by atoms with van der Waals surface area (Å²) in [6.45, 7) is 12.2. The van der Waals surface area contributed by atoms with Gasteiger partial charge in [0.15, 0.2) is 0 Å². The van der Waals surface area contributed by atoms with E-state index in [0.717, 1.165) is 18.8 Å². The van der Waals surface area contributed by atoms with Crippen LogP contribution >= 0.6 is 0 Å². The van der Waals surface area contributed by atoms with Gasteiger partial charge in [-0.05, 0) is 50.4 Å². The van der Waals surface area contributed by atoms with Gasteiger partial charge in [-0.1, -0.05) is 19.9 Å². The number of hydrogen-bond acceptors (Lipinski definition) is 3. The molecule has 0 aliphatic carbocycles. The molecule has 106 valence electrons. The second-order valence-corrected chi connectivity index (χ2v) is 5.85. The molecule has 1 aliphatic heterocycles. The van der Waals surface area contributed by atoms with Crippen LogP contribution in [0.25, 0.3) is 0 Å². The Bertz CT molecular complexity index is 397. The van der Waals surface area contributed by atoms with Crippen molar-refractivity contribution in [3.8, 4) is 0 Å². The average Bonchev–Trinajstić information content (AvgIpc) is 2.87. The summed E-state index contributed by atoms with van der Waals surface area (Å²) in [6, 6.07) is 6.31. The van der Waals surface area contributed by atoms with Gasteiger partial charge >= 0.3 is 0 Å². The van der Waals surface area contributed by atoms with E-state index in [2.05, 4.69) is 54.2 Å². The Morgan fingerprint density at radius 2 is 2.21 bits per heavy atom. The maximum atomic E-state index is 4.63. The summed E-state index contributed by atoms with van der Waals surface area (Å²) in [6.07, 6.45) is 2.57. The van der Waals surface area contributed by atoms with Crippen LogP contribution in [0.2, 0.25) is 0 Å². The van der Waals surface area contributed by atoms with E-state index in [1.54, 1.807) is 0 Å². The SMILES string of the molecule is CCN(Cc1cccc(C)n1)CC1(CC)CCNC1. The van der Waals surface area contributed by atoms with Gasteiger partial charge in [-0.25, -0.2) is 0 Å². The number of nitrogens with one attached hydrogen (secondary N) is 1. The van der Waals surface area contributed by atoms with Crippen molar-refractivity contribution in [3.05, 3.63) is 29.6 Å². The maximum Gasteiger partial charge on any atom is 0.0547 e. The quantitative estimate of drug-likeness (QED) is 0.853. The molecule has 0 spiro atoms. The smallest absolute Gasteiger partial charge is 0.0547 e. The fraction of sp³-hybridized carbons (Fsp3) is 0.688. The molecule has 1 atom stereocenters. The summed E-state index contributed by atoms with van der Waals surface area (Å²) < 4.78 is 0. The number of rotatable bonds is 6. The van der Waals surface area contributed by atoms with Gasteiger partial charge < -0.3 is 5.32 Å². The lowest BCUT2D eigenvalue weighted by Gasteiger charge is -2.33. The first-order valence-corrected chi connectivity index (χ1v) is 7.53. The highest BCUT2D eigenvalue weighted by Crippen LogP contribution is 2.30. The first-order valence-electron chi connectivity index (χ1n) is 7.53. The van der Waals surface area contributed by atoms with Gasteiger partial charge in [0.2, 0.25) is 0 Å². The Kier molecular flexibility index (Phi) is 4.94. The van der Waals surface area contributed by atoms with Crippen molar-refractivity contribution in [3.63, 3.8) is 0 Å². The van der Waals surface area contributed by atoms with Crippen molar-refractivity contribution in [1.29, 1.82) is 0 Å². The van der Waals surface area contributed by atoms with Crippen molar-refractivity contribution >= 4 is 0 Å². The molecule has 1 fully saturated rings. The van der Waals surface area contributed by atoms with E-state index >= 15 is 0 Å². The third-order valence-electron chi connectivity index (χ3n) is 4.42. The van der Waals surface area contributed by atoms with E-state index in [0.29, 0.717) is 5.41 Å². The van der Waals surface area contributed by atoms with E-state index < -0.39 is 0 Å². The van der Waals surface area contributed by atoms with Crippen molar-refractivity contribution in [2.75, 3.05) is 26.2 Å². The van der Waals surface area contributed by atoms with Crippen molar-refractivity contribution in [2.45, 2.75) is 40.2 Å². The number of aromatic nitrogens is 1. The summed E-state index contributed by atoms with van der Waals surface area (Å²) >= 11 is 0. The molecule has 2 heterocycles. The maximum absolute atomic E-state index is 4.63. The lowest BCUT2D eigenvalue weighted by molar-refractivity contribution is 0.156. The van der Waals surface area contributed by atoms with E-state index in [1.807, 2.05) is 0 Å². The minimum Gasteiger partial charge on any atom is -0.316 e. The van der Waals surface area contributed by atoms with Crippen LogP contribution in [-0.4, -0.2) is 36.1 Å². The van der Waals surface area contributed by atoms with Gasteiger partial charge in [0.25, 0.3) is 0 Å². The van der Waals surface area contributed by atoms with Crippen LogP contribution in [0.4, 0.5) is 0 Å². The predicted molar refractivity (Wildman–Crippen MR) is 80.1 cm³/mol. The largest absolute Gasteiger partial charge is 0.316 e. The van der Waals surface area contributed by atoms with Gasteiger partial charge in [0, 0.05) is 25.3 Å². The molecule has 1 aromatic rings. The van der Waals surface area contributed by atoms with E-state index in [4.69, 9.17) is 0 Å². The van der Waals surface area contributed by atoms with Gasteiger partial charge in [-0.15, -0.1) is 0 Å². The van der Waals surface area contributed by atoms with Crippen LogP contribution in [0, 0.1) is 12.3 Å². The molecule has 0 bridgehead atoms. The Hall–Kier alpha value is -0.930. The fourth-order valence-corrected chi connectivity index (χ4v) is 3.01. The molecule has 1 saturated heterocycles. The van der Waals surface area contributed by atoms with Crippen molar-refractivity contribution in [1.82, 2.24) is 15.2 Å². The fourth-order valence-electron chi connectivity index (χ4n) is 3.01. The second kappa shape index (κ2) is 6.49. The molecular formula is C16H27N3. The molecule has 0 amide bonds. The zero-order valence-electron chi connectivity index (χ0n) is 12.6. The second-order valence-electron chi connectivity index (χ2n) is 5.85.